The van der Waals surface area contributed by atoms with E-state index < -0.39 is 0 Å². The molecule has 8 rings (SSSR count). The summed E-state index contributed by atoms with van der Waals surface area (Å²) in [4.78, 5) is 0. The second-order valence-corrected chi connectivity index (χ2v) is 15.1. The van der Waals surface area contributed by atoms with Gasteiger partial charge in [0.1, 0.15) is 0 Å². The smallest absolute Gasteiger partial charge is 0.00266 e. The molecule has 0 saturated carbocycles. The molecule has 0 fully saturated rings. The van der Waals surface area contributed by atoms with E-state index in [0.717, 1.165) is 0 Å². The Morgan fingerprint density at radius 2 is 0.600 bits per heavy atom. The van der Waals surface area contributed by atoms with Crippen LogP contribution in [-0.2, 0) is 10.8 Å². The Kier molecular flexibility index (Phi) is 6.75. The Hall–Kier alpha value is -4.16. The van der Waals surface area contributed by atoms with E-state index in [1.54, 1.807) is 0 Å². The van der Waals surface area contributed by atoms with Gasteiger partial charge >= 0.3 is 0 Å². The Bertz CT molecular complexity index is 2000. The second kappa shape index (κ2) is 10.7. The van der Waals surface area contributed by atoms with Crippen LogP contribution in [-0.4, -0.2) is 0 Å². The first-order valence-electron chi connectivity index (χ1n) is 17.1. The Morgan fingerprint density at radius 3 is 0.933 bits per heavy atom. The highest BCUT2D eigenvalue weighted by molar-refractivity contribution is 6.24. The fourth-order valence-electron chi connectivity index (χ4n) is 8.24. The van der Waals surface area contributed by atoms with Gasteiger partial charge in [0.2, 0.25) is 0 Å². The molecule has 0 aliphatic carbocycles. The highest BCUT2D eigenvalue weighted by atomic mass is 14.3. The van der Waals surface area contributed by atoms with Gasteiger partial charge in [0.05, 0.1) is 0 Å². The number of hydrogen-bond donors (Lipinski definition) is 0. The number of rotatable bonds is 10. The molecule has 0 radical (unpaired) electrons. The normalized spacial score (nSPS) is 13.1. The van der Waals surface area contributed by atoms with Crippen LogP contribution in [0.3, 0.4) is 0 Å². The summed E-state index contributed by atoms with van der Waals surface area (Å²) in [6, 6.07) is 41.7. The zero-order valence-electron chi connectivity index (χ0n) is 27.3. The number of hydrogen-bond acceptors (Lipinski definition) is 0. The lowest BCUT2D eigenvalue weighted by molar-refractivity contribution is 0.424. The van der Waals surface area contributed by atoms with Crippen molar-refractivity contribution in [3.8, 4) is 0 Å². The van der Waals surface area contributed by atoms with Gasteiger partial charge < -0.3 is 0 Å². The van der Waals surface area contributed by atoms with Crippen LogP contribution in [0.5, 0.6) is 0 Å². The maximum Gasteiger partial charge on any atom is -0.00266 e. The fraction of sp³-hybridized carbons (Fsp3) is 0.289. The third-order valence-corrected chi connectivity index (χ3v) is 11.1. The van der Waals surface area contributed by atoms with Crippen LogP contribution in [0.25, 0.3) is 64.6 Å². The molecule has 0 atom stereocenters. The minimum atomic E-state index is 0.170. The minimum Gasteiger partial charge on any atom is -0.0610 e. The van der Waals surface area contributed by atoms with Gasteiger partial charge in [-0.25, -0.2) is 0 Å². The van der Waals surface area contributed by atoms with Crippen LogP contribution in [0.1, 0.15) is 83.8 Å². The molecule has 8 aromatic rings. The Balaban J connectivity index is 0.888. The highest BCUT2D eigenvalue weighted by Gasteiger charge is 2.23. The van der Waals surface area contributed by atoms with Crippen molar-refractivity contribution < 1.29 is 0 Å². The molecule has 224 valence electrons. The molecule has 0 aliphatic heterocycles. The predicted molar refractivity (Wildman–Crippen MR) is 199 cm³/mol. The van der Waals surface area contributed by atoms with Gasteiger partial charge in [0, 0.05) is 0 Å². The minimum absolute atomic E-state index is 0.170. The molecule has 0 aliphatic rings. The van der Waals surface area contributed by atoms with Gasteiger partial charge in [0.25, 0.3) is 0 Å². The molecule has 0 heterocycles. The molecule has 0 aromatic heterocycles. The van der Waals surface area contributed by atoms with Gasteiger partial charge in [0.15, 0.2) is 0 Å². The van der Waals surface area contributed by atoms with Gasteiger partial charge in [-0.2, -0.15) is 0 Å². The highest BCUT2D eigenvalue weighted by Crippen LogP contribution is 2.41. The number of unbranched alkanes of at least 4 members (excludes halogenated alkanes) is 4. The van der Waals surface area contributed by atoms with Crippen molar-refractivity contribution in [2.45, 2.75) is 83.5 Å². The summed E-state index contributed by atoms with van der Waals surface area (Å²) in [5.41, 5.74) is 3.29. The Labute approximate surface area is 267 Å². The van der Waals surface area contributed by atoms with Crippen molar-refractivity contribution >= 4 is 64.6 Å². The SMILES string of the molecule is CC(C)(CCCCCCCC(C)(C)c1cc2ccc3cccc4ccc(c1)c2c34)c1cc2ccc3cccc4ccc(c1)c2c34. The lowest BCUT2D eigenvalue weighted by Gasteiger charge is -2.27. The maximum atomic E-state index is 2.47. The first-order valence-corrected chi connectivity index (χ1v) is 17.1. The molecule has 0 unspecified atom stereocenters. The number of benzene rings is 8. The van der Waals surface area contributed by atoms with Crippen molar-refractivity contribution in [3.63, 3.8) is 0 Å². The van der Waals surface area contributed by atoms with Crippen molar-refractivity contribution in [2.75, 3.05) is 0 Å². The molecule has 0 N–H and O–H groups in total. The predicted octanol–water partition coefficient (Wildman–Crippen LogP) is 13.5. The van der Waals surface area contributed by atoms with Gasteiger partial charge in [-0.05, 0) is 99.4 Å². The molecule has 0 nitrogen and oxygen atoms in total. The van der Waals surface area contributed by atoms with Crippen LogP contribution in [0.4, 0.5) is 0 Å². The third kappa shape index (κ3) is 4.91. The lowest BCUT2D eigenvalue weighted by Crippen LogP contribution is -2.17. The third-order valence-electron chi connectivity index (χ3n) is 11.1. The monoisotopic (exact) mass is 584 g/mol. The van der Waals surface area contributed by atoms with Gasteiger partial charge in [-0.1, -0.05) is 169 Å². The summed E-state index contributed by atoms with van der Waals surface area (Å²) in [6.07, 6.45) is 9.01. The van der Waals surface area contributed by atoms with E-state index in [2.05, 4.69) is 137 Å². The molecular weight excluding hydrogens is 540 g/mol. The van der Waals surface area contributed by atoms with E-state index >= 15 is 0 Å². The standard InChI is InChI=1S/C45H44/c1-44(2,38-26-34-20-16-30-12-10-13-31-17-21-35(27-38)42(34)40(30)31)24-8-6-5-7-9-25-45(3,4)39-28-36-22-18-32-14-11-15-33-19-23-37(29-39)43(36)41(32)33/h10-23,26-29H,5-9,24-25H2,1-4H3. The largest absolute Gasteiger partial charge is 0.0610 e. The summed E-state index contributed by atoms with van der Waals surface area (Å²) < 4.78 is 0. The van der Waals surface area contributed by atoms with Crippen molar-refractivity contribution in [3.05, 3.63) is 120 Å². The van der Waals surface area contributed by atoms with Crippen LogP contribution in [0.2, 0.25) is 0 Å². The zero-order chi connectivity index (χ0) is 30.8. The van der Waals surface area contributed by atoms with Crippen molar-refractivity contribution in [1.82, 2.24) is 0 Å². The zero-order valence-corrected chi connectivity index (χ0v) is 27.3. The molecule has 0 amide bonds. The topological polar surface area (TPSA) is 0 Å². The Morgan fingerprint density at radius 1 is 0.333 bits per heavy atom. The van der Waals surface area contributed by atoms with Crippen LogP contribution in [0, 0.1) is 0 Å². The summed E-state index contributed by atoms with van der Waals surface area (Å²) in [5.74, 6) is 0. The molecule has 45 heavy (non-hydrogen) atoms. The molecule has 0 heteroatoms. The first kappa shape index (κ1) is 28.3. The van der Waals surface area contributed by atoms with E-state index in [1.807, 2.05) is 0 Å². The summed E-state index contributed by atoms with van der Waals surface area (Å²) in [6.45, 7) is 9.77. The van der Waals surface area contributed by atoms with Crippen LogP contribution in [0.15, 0.2) is 109 Å². The average molecular weight is 585 g/mol. The van der Waals surface area contributed by atoms with E-state index in [1.165, 1.54) is 121 Å². The lowest BCUT2D eigenvalue weighted by atomic mass is 9.77. The summed E-state index contributed by atoms with van der Waals surface area (Å²) in [5, 5.41) is 16.6. The average Bonchev–Trinajstić information content (AvgIpc) is 3.05. The molecule has 0 bridgehead atoms. The summed E-state index contributed by atoms with van der Waals surface area (Å²) in [7, 11) is 0. The van der Waals surface area contributed by atoms with E-state index in [-0.39, 0.29) is 10.8 Å². The molecule has 0 saturated heterocycles. The fourth-order valence-corrected chi connectivity index (χ4v) is 8.24. The van der Waals surface area contributed by atoms with Crippen LogP contribution < -0.4 is 0 Å². The second-order valence-electron chi connectivity index (χ2n) is 15.1. The summed E-state index contributed by atoms with van der Waals surface area (Å²) >= 11 is 0. The molecular formula is C45H44. The van der Waals surface area contributed by atoms with E-state index in [0.29, 0.717) is 0 Å². The van der Waals surface area contributed by atoms with Crippen LogP contribution >= 0.6 is 0 Å². The van der Waals surface area contributed by atoms with Gasteiger partial charge in [-0.15, -0.1) is 0 Å². The molecule has 0 spiro atoms. The molecule has 8 aromatic carbocycles. The van der Waals surface area contributed by atoms with Crippen molar-refractivity contribution in [1.29, 1.82) is 0 Å². The van der Waals surface area contributed by atoms with E-state index in [4.69, 9.17) is 0 Å². The van der Waals surface area contributed by atoms with E-state index in [9.17, 15) is 0 Å². The first-order chi connectivity index (χ1) is 21.8. The maximum absolute atomic E-state index is 2.47. The quantitative estimate of drug-likeness (QED) is 0.111. The van der Waals surface area contributed by atoms with Gasteiger partial charge in [-0.3, -0.25) is 0 Å². The van der Waals surface area contributed by atoms with Crippen molar-refractivity contribution in [2.24, 2.45) is 0 Å².